The highest BCUT2D eigenvalue weighted by Crippen LogP contribution is 2.22. The number of carbonyl (C=O) groups excluding carboxylic acids is 1. The fourth-order valence-corrected chi connectivity index (χ4v) is 1.82. The van der Waals surface area contributed by atoms with Crippen molar-refractivity contribution in [1.82, 2.24) is 0 Å². The van der Waals surface area contributed by atoms with Crippen LogP contribution in [0.1, 0.15) is 0 Å². The SMILES string of the molecule is O=C(Nc1cccc(Cl)c1)Nc1cccc(Cl)c1F. The second-order valence-electron chi connectivity index (χ2n) is 3.69. The van der Waals surface area contributed by atoms with Crippen molar-refractivity contribution in [2.45, 2.75) is 0 Å². The first-order chi connectivity index (χ1) is 9.06. The molecule has 0 unspecified atom stereocenters. The number of benzene rings is 2. The van der Waals surface area contributed by atoms with Crippen LogP contribution in [0.4, 0.5) is 20.6 Å². The Morgan fingerprint density at radius 2 is 1.79 bits per heavy atom. The third kappa shape index (κ3) is 3.59. The van der Waals surface area contributed by atoms with Crippen molar-refractivity contribution < 1.29 is 9.18 Å². The lowest BCUT2D eigenvalue weighted by atomic mass is 10.3. The van der Waals surface area contributed by atoms with Gasteiger partial charge >= 0.3 is 6.03 Å². The van der Waals surface area contributed by atoms with Crippen LogP contribution >= 0.6 is 23.2 Å². The summed E-state index contributed by atoms with van der Waals surface area (Å²) in [5, 5.41) is 5.34. The minimum atomic E-state index is -0.676. The molecular formula is C13H9Cl2FN2O. The van der Waals surface area contributed by atoms with Gasteiger partial charge < -0.3 is 10.6 Å². The lowest BCUT2D eigenvalue weighted by Crippen LogP contribution is -2.20. The summed E-state index contributed by atoms with van der Waals surface area (Å²) in [7, 11) is 0. The van der Waals surface area contributed by atoms with E-state index in [-0.39, 0.29) is 10.7 Å². The third-order valence-corrected chi connectivity index (χ3v) is 2.81. The molecule has 0 aromatic heterocycles. The first-order valence-electron chi connectivity index (χ1n) is 5.34. The summed E-state index contributed by atoms with van der Waals surface area (Å²) in [6.45, 7) is 0. The molecule has 2 aromatic rings. The molecule has 2 amide bonds. The molecule has 0 aliphatic rings. The normalized spacial score (nSPS) is 10.1. The van der Waals surface area contributed by atoms with Gasteiger partial charge in [0.05, 0.1) is 10.7 Å². The Balaban J connectivity index is 2.08. The second-order valence-corrected chi connectivity index (χ2v) is 4.53. The standard InChI is InChI=1S/C13H9Cl2FN2O/c14-8-3-1-4-9(7-8)17-13(19)18-11-6-2-5-10(15)12(11)16/h1-7H,(H2,17,18,19). The molecule has 0 atom stereocenters. The van der Waals surface area contributed by atoms with Crippen molar-refractivity contribution in [3.63, 3.8) is 0 Å². The number of carbonyl (C=O) groups is 1. The van der Waals surface area contributed by atoms with Crippen molar-refractivity contribution in [3.05, 3.63) is 58.3 Å². The van der Waals surface area contributed by atoms with Crippen LogP contribution in [0.25, 0.3) is 0 Å². The van der Waals surface area contributed by atoms with Crippen LogP contribution in [0.5, 0.6) is 0 Å². The molecule has 2 rings (SSSR count). The number of urea groups is 1. The minimum Gasteiger partial charge on any atom is -0.308 e. The number of halogens is 3. The molecule has 98 valence electrons. The van der Waals surface area contributed by atoms with Crippen LogP contribution in [0.3, 0.4) is 0 Å². The predicted molar refractivity (Wildman–Crippen MR) is 75.5 cm³/mol. The van der Waals surface area contributed by atoms with E-state index in [0.717, 1.165) is 0 Å². The highest BCUT2D eigenvalue weighted by atomic mass is 35.5. The summed E-state index contributed by atoms with van der Waals surface area (Å²) in [6, 6.07) is 10.4. The molecule has 0 saturated heterocycles. The number of hydrogen-bond donors (Lipinski definition) is 2. The molecule has 0 bridgehead atoms. The smallest absolute Gasteiger partial charge is 0.308 e. The van der Waals surface area contributed by atoms with Crippen molar-refractivity contribution in [1.29, 1.82) is 0 Å². The molecule has 6 heteroatoms. The highest BCUT2D eigenvalue weighted by molar-refractivity contribution is 6.31. The van der Waals surface area contributed by atoms with Gasteiger partial charge in [0, 0.05) is 10.7 Å². The Bertz CT molecular complexity index is 619. The van der Waals surface area contributed by atoms with Crippen LogP contribution in [0.2, 0.25) is 10.0 Å². The lowest BCUT2D eigenvalue weighted by Gasteiger charge is -2.09. The average Bonchev–Trinajstić information content (AvgIpc) is 2.35. The fraction of sp³-hybridized carbons (Fsp3) is 0. The minimum absolute atomic E-state index is 0.00651. The van der Waals surface area contributed by atoms with Crippen molar-refractivity contribution in [2.75, 3.05) is 10.6 Å². The first kappa shape index (κ1) is 13.6. The number of amides is 2. The van der Waals surface area contributed by atoms with Crippen LogP contribution in [-0.2, 0) is 0 Å². The number of nitrogens with one attached hydrogen (secondary N) is 2. The van der Waals surface area contributed by atoms with Crippen molar-refractivity contribution >= 4 is 40.6 Å². The maximum absolute atomic E-state index is 13.6. The summed E-state index contributed by atoms with van der Waals surface area (Å²) in [6.07, 6.45) is 0. The van der Waals surface area contributed by atoms with E-state index < -0.39 is 11.8 Å². The van der Waals surface area contributed by atoms with Crippen LogP contribution < -0.4 is 10.6 Å². The number of rotatable bonds is 2. The summed E-state index contributed by atoms with van der Waals surface area (Å²) in [5.41, 5.74) is 0.513. The largest absolute Gasteiger partial charge is 0.323 e. The third-order valence-electron chi connectivity index (χ3n) is 2.28. The monoisotopic (exact) mass is 298 g/mol. The summed E-state index contributed by atoms with van der Waals surface area (Å²) in [4.78, 5) is 11.7. The van der Waals surface area contributed by atoms with Gasteiger partial charge in [-0.05, 0) is 30.3 Å². The Morgan fingerprint density at radius 1 is 1.05 bits per heavy atom. The fourth-order valence-electron chi connectivity index (χ4n) is 1.45. The van der Waals surface area contributed by atoms with E-state index in [1.54, 1.807) is 30.3 Å². The quantitative estimate of drug-likeness (QED) is 0.823. The molecular weight excluding hydrogens is 290 g/mol. The molecule has 0 radical (unpaired) electrons. The van der Waals surface area contributed by atoms with Gasteiger partial charge in [-0.3, -0.25) is 0 Å². The zero-order valence-corrected chi connectivity index (χ0v) is 11.1. The second kappa shape index (κ2) is 5.91. The average molecular weight is 299 g/mol. The lowest BCUT2D eigenvalue weighted by molar-refractivity contribution is 0.262. The molecule has 0 fully saturated rings. The summed E-state index contributed by atoms with van der Waals surface area (Å²) in [5.74, 6) is -0.676. The van der Waals surface area contributed by atoms with Crippen LogP contribution in [-0.4, -0.2) is 6.03 Å². The summed E-state index contributed by atoms with van der Waals surface area (Å²) >= 11 is 11.4. The van der Waals surface area contributed by atoms with E-state index in [4.69, 9.17) is 23.2 Å². The van der Waals surface area contributed by atoms with E-state index in [1.807, 2.05) is 0 Å². The van der Waals surface area contributed by atoms with Crippen molar-refractivity contribution in [3.8, 4) is 0 Å². The highest BCUT2D eigenvalue weighted by Gasteiger charge is 2.09. The van der Waals surface area contributed by atoms with E-state index in [0.29, 0.717) is 10.7 Å². The van der Waals surface area contributed by atoms with Gasteiger partial charge in [-0.1, -0.05) is 35.3 Å². The maximum atomic E-state index is 13.6. The van der Waals surface area contributed by atoms with Gasteiger partial charge in [0.25, 0.3) is 0 Å². The van der Waals surface area contributed by atoms with Gasteiger partial charge in [0.15, 0.2) is 5.82 Å². The maximum Gasteiger partial charge on any atom is 0.323 e. The molecule has 3 nitrogen and oxygen atoms in total. The Morgan fingerprint density at radius 3 is 2.53 bits per heavy atom. The van der Waals surface area contributed by atoms with E-state index in [2.05, 4.69) is 10.6 Å². The van der Waals surface area contributed by atoms with E-state index in [1.165, 1.54) is 12.1 Å². The number of hydrogen-bond acceptors (Lipinski definition) is 1. The molecule has 0 aliphatic carbocycles. The van der Waals surface area contributed by atoms with Gasteiger partial charge in [0.2, 0.25) is 0 Å². The van der Waals surface area contributed by atoms with Crippen LogP contribution in [0, 0.1) is 5.82 Å². The Hall–Kier alpha value is -1.78. The molecule has 19 heavy (non-hydrogen) atoms. The van der Waals surface area contributed by atoms with Crippen LogP contribution in [0.15, 0.2) is 42.5 Å². The predicted octanol–water partition coefficient (Wildman–Crippen LogP) is 4.78. The Kier molecular flexibility index (Phi) is 4.24. The van der Waals surface area contributed by atoms with Gasteiger partial charge in [-0.15, -0.1) is 0 Å². The molecule has 0 aliphatic heterocycles. The molecule has 0 spiro atoms. The van der Waals surface area contributed by atoms with E-state index >= 15 is 0 Å². The molecule has 0 heterocycles. The van der Waals surface area contributed by atoms with Crippen molar-refractivity contribution in [2.24, 2.45) is 0 Å². The Labute approximate surface area is 119 Å². The topological polar surface area (TPSA) is 41.1 Å². The molecule has 2 N–H and O–H groups in total. The van der Waals surface area contributed by atoms with Gasteiger partial charge in [0.1, 0.15) is 0 Å². The molecule has 0 saturated carbocycles. The zero-order chi connectivity index (χ0) is 13.8. The summed E-state index contributed by atoms with van der Waals surface area (Å²) < 4.78 is 13.6. The van der Waals surface area contributed by atoms with E-state index in [9.17, 15) is 9.18 Å². The number of anilines is 2. The zero-order valence-electron chi connectivity index (χ0n) is 9.58. The van der Waals surface area contributed by atoms with Gasteiger partial charge in [-0.2, -0.15) is 0 Å². The van der Waals surface area contributed by atoms with Gasteiger partial charge in [-0.25, -0.2) is 9.18 Å². The first-order valence-corrected chi connectivity index (χ1v) is 6.09. The molecule has 2 aromatic carbocycles.